The van der Waals surface area contributed by atoms with Crippen LogP contribution in [0, 0.1) is 0 Å². The highest BCUT2D eigenvalue weighted by Gasteiger charge is 2.14. The molecule has 2 rings (SSSR count). The van der Waals surface area contributed by atoms with Gasteiger partial charge in [-0.15, -0.1) is 24.0 Å². The Bertz CT molecular complexity index is 510. The molecule has 2 N–H and O–H groups in total. The van der Waals surface area contributed by atoms with Crippen LogP contribution in [-0.4, -0.2) is 55.6 Å². The van der Waals surface area contributed by atoms with E-state index in [1.807, 2.05) is 11.8 Å². The highest BCUT2D eigenvalue weighted by atomic mass is 127. The van der Waals surface area contributed by atoms with Crippen molar-refractivity contribution in [2.24, 2.45) is 4.99 Å². The van der Waals surface area contributed by atoms with Crippen LogP contribution < -0.4 is 10.6 Å². The van der Waals surface area contributed by atoms with E-state index in [1.54, 1.807) is 0 Å². The normalized spacial score (nSPS) is 14.6. The molecule has 0 saturated heterocycles. The molecular weight excluding hydrogens is 443 g/mol. The van der Waals surface area contributed by atoms with Crippen LogP contribution in [-0.2, 0) is 13.0 Å². The maximum absolute atomic E-state index is 4.67. The molecule has 1 heterocycles. The molecule has 1 aliphatic heterocycles. The van der Waals surface area contributed by atoms with Crippen LogP contribution in [0.25, 0.3) is 0 Å². The van der Waals surface area contributed by atoms with Crippen molar-refractivity contribution in [3.05, 3.63) is 35.4 Å². The lowest BCUT2D eigenvalue weighted by Gasteiger charge is -2.28. The highest BCUT2D eigenvalue weighted by Crippen LogP contribution is 2.17. The van der Waals surface area contributed by atoms with Gasteiger partial charge in [0.2, 0.25) is 0 Å². The minimum Gasteiger partial charge on any atom is -0.357 e. The van der Waals surface area contributed by atoms with E-state index in [1.165, 1.54) is 36.1 Å². The molecule has 4 nitrogen and oxygen atoms in total. The van der Waals surface area contributed by atoms with E-state index in [4.69, 9.17) is 0 Å². The number of nitrogens with one attached hydrogen (secondary N) is 2. The molecular formula is C19H33IN4S. The number of rotatable bonds is 9. The lowest BCUT2D eigenvalue weighted by molar-refractivity contribution is 0.258. The Morgan fingerprint density at radius 1 is 1.20 bits per heavy atom. The van der Waals surface area contributed by atoms with E-state index in [2.05, 4.69) is 58.0 Å². The lowest BCUT2D eigenvalue weighted by atomic mass is 10.00. The fourth-order valence-corrected chi connectivity index (χ4v) is 3.46. The van der Waals surface area contributed by atoms with Crippen LogP contribution >= 0.6 is 35.7 Å². The smallest absolute Gasteiger partial charge is 0.191 e. The second kappa shape index (κ2) is 13.7. The van der Waals surface area contributed by atoms with Gasteiger partial charge >= 0.3 is 0 Å². The molecule has 0 aromatic heterocycles. The van der Waals surface area contributed by atoms with Gasteiger partial charge in [0.1, 0.15) is 0 Å². The number of benzene rings is 1. The van der Waals surface area contributed by atoms with Crippen LogP contribution in [0.2, 0.25) is 0 Å². The number of halogens is 1. The van der Waals surface area contributed by atoms with Gasteiger partial charge in [0.25, 0.3) is 0 Å². The zero-order valence-corrected chi connectivity index (χ0v) is 18.7. The Labute approximate surface area is 174 Å². The van der Waals surface area contributed by atoms with Gasteiger partial charge in [-0.3, -0.25) is 9.89 Å². The molecule has 25 heavy (non-hydrogen) atoms. The first-order chi connectivity index (χ1) is 11.8. The van der Waals surface area contributed by atoms with E-state index in [-0.39, 0.29) is 24.0 Å². The van der Waals surface area contributed by atoms with Crippen LogP contribution in [0.4, 0.5) is 0 Å². The van der Waals surface area contributed by atoms with Crippen LogP contribution in [0.1, 0.15) is 30.9 Å². The Morgan fingerprint density at radius 2 is 2.00 bits per heavy atom. The van der Waals surface area contributed by atoms with Gasteiger partial charge in [-0.1, -0.05) is 24.3 Å². The summed E-state index contributed by atoms with van der Waals surface area (Å²) in [5.74, 6) is 2.19. The maximum Gasteiger partial charge on any atom is 0.191 e. The first-order valence-corrected chi connectivity index (χ1v) is 10.5. The van der Waals surface area contributed by atoms with E-state index < -0.39 is 0 Å². The van der Waals surface area contributed by atoms with Gasteiger partial charge < -0.3 is 10.6 Å². The second-order valence-corrected chi connectivity index (χ2v) is 7.17. The Kier molecular flexibility index (Phi) is 12.4. The zero-order valence-electron chi connectivity index (χ0n) is 15.6. The monoisotopic (exact) mass is 476 g/mol. The van der Waals surface area contributed by atoms with Crippen molar-refractivity contribution in [3.63, 3.8) is 0 Å². The predicted octanol–water partition coefficient (Wildman–Crippen LogP) is 3.36. The van der Waals surface area contributed by atoms with Crippen molar-refractivity contribution in [2.75, 3.05) is 44.7 Å². The maximum atomic E-state index is 4.67. The molecule has 142 valence electrons. The van der Waals surface area contributed by atoms with Crippen LogP contribution in [0.15, 0.2) is 29.3 Å². The minimum atomic E-state index is 0. The fraction of sp³-hybridized carbons (Fsp3) is 0.632. The summed E-state index contributed by atoms with van der Waals surface area (Å²) in [4.78, 5) is 7.20. The van der Waals surface area contributed by atoms with E-state index in [0.717, 1.165) is 45.2 Å². The van der Waals surface area contributed by atoms with Crippen molar-refractivity contribution in [3.8, 4) is 0 Å². The molecule has 0 radical (unpaired) electrons. The number of nitrogens with zero attached hydrogens (tertiary/aromatic N) is 2. The zero-order chi connectivity index (χ0) is 17.0. The minimum absolute atomic E-state index is 0. The molecule has 0 bridgehead atoms. The molecule has 1 aromatic carbocycles. The van der Waals surface area contributed by atoms with Crippen LogP contribution in [0.5, 0.6) is 0 Å². The highest BCUT2D eigenvalue weighted by molar-refractivity contribution is 14.0. The third-order valence-electron chi connectivity index (χ3n) is 4.30. The van der Waals surface area contributed by atoms with Gasteiger partial charge in [-0.05, 0) is 49.3 Å². The number of thioether (sulfide) groups is 1. The molecule has 0 spiro atoms. The molecule has 0 aliphatic carbocycles. The van der Waals surface area contributed by atoms with E-state index >= 15 is 0 Å². The van der Waals surface area contributed by atoms with Crippen molar-refractivity contribution >= 4 is 41.7 Å². The number of guanidine groups is 1. The Morgan fingerprint density at radius 3 is 2.76 bits per heavy atom. The summed E-state index contributed by atoms with van der Waals surface area (Å²) in [7, 11) is 0. The average molecular weight is 476 g/mol. The summed E-state index contributed by atoms with van der Waals surface area (Å²) < 4.78 is 0. The first kappa shape index (κ1) is 22.6. The average Bonchev–Trinajstić information content (AvgIpc) is 2.61. The molecule has 1 aliphatic rings. The fourth-order valence-electron chi connectivity index (χ4n) is 2.97. The summed E-state index contributed by atoms with van der Waals surface area (Å²) in [6.45, 7) is 8.17. The van der Waals surface area contributed by atoms with Crippen molar-refractivity contribution in [1.82, 2.24) is 15.5 Å². The van der Waals surface area contributed by atoms with Gasteiger partial charge in [0, 0.05) is 39.3 Å². The SMILES string of the molecule is CCNC(=NCCCCSC)NCCN1CCc2ccccc2C1.I. The van der Waals surface area contributed by atoms with Gasteiger partial charge in [0.05, 0.1) is 0 Å². The number of aliphatic imine (C=N–C) groups is 1. The van der Waals surface area contributed by atoms with Gasteiger partial charge in [-0.25, -0.2) is 0 Å². The van der Waals surface area contributed by atoms with Crippen LogP contribution in [0.3, 0.4) is 0 Å². The third-order valence-corrected chi connectivity index (χ3v) is 5.00. The topological polar surface area (TPSA) is 39.7 Å². The summed E-state index contributed by atoms with van der Waals surface area (Å²) in [5.41, 5.74) is 3.00. The van der Waals surface area contributed by atoms with Crippen molar-refractivity contribution in [2.45, 2.75) is 32.7 Å². The summed E-state index contributed by atoms with van der Waals surface area (Å²) in [6.07, 6.45) is 5.74. The van der Waals surface area contributed by atoms with E-state index in [9.17, 15) is 0 Å². The van der Waals surface area contributed by atoms with E-state index in [0.29, 0.717) is 0 Å². The lowest BCUT2D eigenvalue weighted by Crippen LogP contribution is -2.42. The molecule has 0 unspecified atom stereocenters. The quantitative estimate of drug-likeness (QED) is 0.248. The molecule has 0 atom stereocenters. The first-order valence-electron chi connectivity index (χ1n) is 9.13. The summed E-state index contributed by atoms with van der Waals surface area (Å²) in [5, 5.41) is 6.82. The standard InChI is InChI=1S/C19H32N4S.HI/c1-3-20-19(21-11-6-7-15-24-2)22-12-14-23-13-10-17-8-4-5-9-18(17)16-23;/h4-5,8-9H,3,6-7,10-16H2,1-2H3,(H2,20,21,22);1H. The number of unbranched alkanes of at least 4 members (excludes halogenated alkanes) is 1. The molecule has 1 aromatic rings. The van der Waals surface area contributed by atoms with Crippen molar-refractivity contribution < 1.29 is 0 Å². The molecule has 6 heteroatoms. The number of hydrogen-bond donors (Lipinski definition) is 2. The largest absolute Gasteiger partial charge is 0.357 e. The third kappa shape index (κ3) is 8.64. The van der Waals surface area contributed by atoms with Crippen molar-refractivity contribution in [1.29, 1.82) is 0 Å². The second-order valence-electron chi connectivity index (χ2n) is 6.18. The predicted molar refractivity (Wildman–Crippen MR) is 122 cm³/mol. The molecule has 0 amide bonds. The number of fused-ring (bicyclic) bond motifs is 1. The Hall–Kier alpha value is -0.470. The van der Waals surface area contributed by atoms with Gasteiger partial charge in [-0.2, -0.15) is 11.8 Å². The Balaban J connectivity index is 0.00000312. The molecule has 0 saturated carbocycles. The van der Waals surface area contributed by atoms with Gasteiger partial charge in [0.15, 0.2) is 5.96 Å². The summed E-state index contributed by atoms with van der Waals surface area (Å²) in [6, 6.07) is 8.81. The number of hydrogen-bond acceptors (Lipinski definition) is 3. The molecule has 0 fully saturated rings. The summed E-state index contributed by atoms with van der Waals surface area (Å²) >= 11 is 1.91.